The van der Waals surface area contributed by atoms with Crippen molar-refractivity contribution < 1.29 is 12.8 Å². The third-order valence-corrected chi connectivity index (χ3v) is 3.90. The third-order valence-electron chi connectivity index (χ3n) is 2.56. The number of nitrogens with two attached hydrogens (primary N) is 1. The van der Waals surface area contributed by atoms with E-state index in [9.17, 15) is 12.8 Å². The summed E-state index contributed by atoms with van der Waals surface area (Å²) in [6, 6.07) is 11.1. The molecule has 2 aromatic carbocycles. The number of anilines is 2. The average molecular weight is 291 g/mol. The lowest BCUT2D eigenvalue weighted by molar-refractivity contribution is 0.598. The molecule has 3 N–H and O–H groups in total. The molecule has 0 bridgehead atoms. The summed E-state index contributed by atoms with van der Waals surface area (Å²) < 4.78 is 39.9. The molecule has 0 atom stereocenters. The van der Waals surface area contributed by atoms with Crippen molar-refractivity contribution in [2.45, 2.75) is 4.90 Å². The van der Waals surface area contributed by atoms with Gasteiger partial charge in [0.1, 0.15) is 11.5 Å². The first-order valence-corrected chi connectivity index (χ1v) is 6.99. The van der Waals surface area contributed by atoms with Crippen molar-refractivity contribution in [1.82, 2.24) is 0 Å². The Balaban J connectivity index is 2.44. The van der Waals surface area contributed by atoms with Crippen LogP contribution in [0, 0.1) is 17.1 Å². The van der Waals surface area contributed by atoms with Crippen LogP contribution in [0.5, 0.6) is 0 Å². The zero-order valence-electron chi connectivity index (χ0n) is 10.2. The van der Waals surface area contributed by atoms with Gasteiger partial charge in [0.25, 0.3) is 10.0 Å². The van der Waals surface area contributed by atoms with E-state index in [2.05, 4.69) is 4.72 Å². The molecule has 2 aromatic rings. The number of para-hydroxylation sites is 1. The maximum Gasteiger partial charge on any atom is 0.262 e. The zero-order valence-corrected chi connectivity index (χ0v) is 11.0. The van der Waals surface area contributed by atoms with E-state index in [4.69, 9.17) is 11.0 Å². The molecule has 0 radical (unpaired) electrons. The standard InChI is InChI=1S/C13H10FN3O2S/c14-11-5-2-6-12(16)13(11)17-20(18,19)10-4-1-3-9(7-10)8-15/h1-7,17H,16H2. The van der Waals surface area contributed by atoms with Gasteiger partial charge in [-0.05, 0) is 30.3 Å². The predicted octanol–water partition coefficient (Wildman–Crippen LogP) is 2.08. The highest BCUT2D eigenvalue weighted by atomic mass is 32.2. The monoisotopic (exact) mass is 291 g/mol. The fourth-order valence-corrected chi connectivity index (χ4v) is 2.72. The van der Waals surface area contributed by atoms with Gasteiger partial charge in [0.05, 0.1) is 22.2 Å². The third kappa shape index (κ3) is 2.70. The number of nitriles is 1. The van der Waals surface area contributed by atoms with Gasteiger partial charge < -0.3 is 5.73 Å². The van der Waals surface area contributed by atoms with Crippen LogP contribution in [-0.2, 0) is 10.0 Å². The lowest BCUT2D eigenvalue weighted by Gasteiger charge is -2.11. The second-order valence-corrected chi connectivity index (χ2v) is 5.63. The number of rotatable bonds is 3. The van der Waals surface area contributed by atoms with E-state index in [0.717, 1.165) is 6.07 Å². The van der Waals surface area contributed by atoms with Crippen LogP contribution in [0.4, 0.5) is 15.8 Å². The molecule has 0 fully saturated rings. The molecule has 0 saturated heterocycles. The fraction of sp³-hybridized carbons (Fsp3) is 0. The molecule has 0 aliphatic carbocycles. The van der Waals surface area contributed by atoms with Crippen molar-refractivity contribution in [2.75, 3.05) is 10.5 Å². The molecule has 0 aliphatic heterocycles. The Bertz CT molecular complexity index is 777. The van der Waals surface area contributed by atoms with E-state index in [-0.39, 0.29) is 21.8 Å². The number of nitrogen functional groups attached to an aromatic ring is 1. The largest absolute Gasteiger partial charge is 0.397 e. The minimum atomic E-state index is -4.01. The van der Waals surface area contributed by atoms with Gasteiger partial charge in [0.2, 0.25) is 0 Å². The smallest absolute Gasteiger partial charge is 0.262 e. The van der Waals surface area contributed by atoms with Crippen LogP contribution in [0.15, 0.2) is 47.4 Å². The van der Waals surface area contributed by atoms with E-state index >= 15 is 0 Å². The van der Waals surface area contributed by atoms with Crippen LogP contribution in [0.25, 0.3) is 0 Å². The zero-order chi connectivity index (χ0) is 14.8. The van der Waals surface area contributed by atoms with Crippen LogP contribution >= 0.6 is 0 Å². The number of hydrogen-bond donors (Lipinski definition) is 2. The van der Waals surface area contributed by atoms with Crippen LogP contribution in [0.1, 0.15) is 5.56 Å². The summed E-state index contributed by atoms with van der Waals surface area (Å²) in [7, 11) is -4.01. The molecule has 7 heteroatoms. The van der Waals surface area contributed by atoms with E-state index in [0.29, 0.717) is 0 Å². The fourth-order valence-electron chi connectivity index (χ4n) is 1.57. The maximum absolute atomic E-state index is 13.6. The SMILES string of the molecule is N#Cc1cccc(S(=O)(=O)Nc2c(N)cccc2F)c1. The average Bonchev–Trinajstić information content (AvgIpc) is 2.43. The van der Waals surface area contributed by atoms with Crippen molar-refractivity contribution in [3.8, 4) is 6.07 Å². The molecule has 0 aliphatic rings. The second kappa shape index (κ2) is 5.19. The molecule has 0 heterocycles. The van der Waals surface area contributed by atoms with E-state index in [1.807, 2.05) is 6.07 Å². The minimum absolute atomic E-state index is 0.0231. The van der Waals surface area contributed by atoms with E-state index < -0.39 is 15.8 Å². The van der Waals surface area contributed by atoms with Crippen molar-refractivity contribution in [3.63, 3.8) is 0 Å². The molecule has 0 aromatic heterocycles. The summed E-state index contributed by atoms with van der Waals surface area (Å²) in [5.74, 6) is -0.773. The quantitative estimate of drug-likeness (QED) is 0.846. The summed E-state index contributed by atoms with van der Waals surface area (Å²) in [6.45, 7) is 0. The van der Waals surface area contributed by atoms with Gasteiger partial charge in [0.15, 0.2) is 0 Å². The number of hydrogen-bond acceptors (Lipinski definition) is 4. The normalized spacial score (nSPS) is 10.8. The first-order valence-electron chi connectivity index (χ1n) is 5.51. The van der Waals surface area contributed by atoms with Gasteiger partial charge in [0, 0.05) is 0 Å². The lowest BCUT2D eigenvalue weighted by Crippen LogP contribution is -2.15. The molecule has 5 nitrogen and oxygen atoms in total. The van der Waals surface area contributed by atoms with Crippen LogP contribution in [-0.4, -0.2) is 8.42 Å². The molecular weight excluding hydrogens is 281 g/mol. The number of nitrogens with zero attached hydrogens (tertiary/aromatic N) is 1. The Morgan fingerprint density at radius 1 is 1.20 bits per heavy atom. The number of halogens is 1. The van der Waals surface area contributed by atoms with Gasteiger partial charge in [-0.1, -0.05) is 12.1 Å². The van der Waals surface area contributed by atoms with Gasteiger partial charge in [-0.25, -0.2) is 12.8 Å². The Hall–Kier alpha value is -2.59. The van der Waals surface area contributed by atoms with Crippen LogP contribution < -0.4 is 10.5 Å². The Labute approximate surface area is 115 Å². The van der Waals surface area contributed by atoms with Crippen LogP contribution in [0.3, 0.4) is 0 Å². The number of benzene rings is 2. The molecule has 2 rings (SSSR count). The van der Waals surface area contributed by atoms with Crippen molar-refractivity contribution in [1.29, 1.82) is 5.26 Å². The van der Waals surface area contributed by atoms with Gasteiger partial charge >= 0.3 is 0 Å². The minimum Gasteiger partial charge on any atom is -0.397 e. The highest BCUT2D eigenvalue weighted by molar-refractivity contribution is 7.92. The summed E-state index contributed by atoms with van der Waals surface area (Å²) in [6.07, 6.45) is 0. The first kappa shape index (κ1) is 13.8. The Morgan fingerprint density at radius 3 is 2.55 bits per heavy atom. The van der Waals surface area contributed by atoms with Gasteiger partial charge in [-0.15, -0.1) is 0 Å². The molecule has 0 saturated carbocycles. The molecule has 0 spiro atoms. The Kier molecular flexibility index (Phi) is 3.59. The summed E-state index contributed by atoms with van der Waals surface area (Å²) in [4.78, 5) is -0.140. The van der Waals surface area contributed by atoms with E-state index in [1.165, 1.54) is 36.4 Å². The number of nitrogens with one attached hydrogen (secondary N) is 1. The predicted molar refractivity (Wildman–Crippen MR) is 72.8 cm³/mol. The highest BCUT2D eigenvalue weighted by Crippen LogP contribution is 2.25. The van der Waals surface area contributed by atoms with Crippen molar-refractivity contribution >= 4 is 21.4 Å². The second-order valence-electron chi connectivity index (χ2n) is 3.95. The van der Waals surface area contributed by atoms with Gasteiger partial charge in [-0.3, -0.25) is 4.72 Å². The molecule has 0 amide bonds. The van der Waals surface area contributed by atoms with Crippen molar-refractivity contribution in [3.05, 3.63) is 53.8 Å². The first-order chi connectivity index (χ1) is 9.44. The molecular formula is C13H10FN3O2S. The Morgan fingerprint density at radius 2 is 1.90 bits per heavy atom. The highest BCUT2D eigenvalue weighted by Gasteiger charge is 2.18. The maximum atomic E-state index is 13.6. The van der Waals surface area contributed by atoms with E-state index in [1.54, 1.807) is 0 Å². The molecule has 0 unspecified atom stereocenters. The summed E-state index contributed by atoms with van der Waals surface area (Å²) in [5.41, 5.74) is 5.40. The topological polar surface area (TPSA) is 96.0 Å². The summed E-state index contributed by atoms with van der Waals surface area (Å²) in [5, 5.41) is 8.76. The van der Waals surface area contributed by atoms with Crippen molar-refractivity contribution in [2.24, 2.45) is 0 Å². The lowest BCUT2D eigenvalue weighted by atomic mass is 10.2. The van der Waals surface area contributed by atoms with Gasteiger partial charge in [-0.2, -0.15) is 5.26 Å². The molecule has 20 heavy (non-hydrogen) atoms. The van der Waals surface area contributed by atoms with Crippen LogP contribution in [0.2, 0.25) is 0 Å². The molecule has 102 valence electrons. The number of sulfonamides is 1. The summed E-state index contributed by atoms with van der Waals surface area (Å²) >= 11 is 0.